The van der Waals surface area contributed by atoms with Crippen LogP contribution >= 0.6 is 15.9 Å². The maximum absolute atomic E-state index is 13.4. The lowest BCUT2D eigenvalue weighted by Gasteiger charge is -2.45. The van der Waals surface area contributed by atoms with Gasteiger partial charge in [0.2, 0.25) is 0 Å². The highest BCUT2D eigenvalue weighted by Gasteiger charge is 2.46. The van der Waals surface area contributed by atoms with Crippen molar-refractivity contribution in [1.82, 2.24) is 4.90 Å². The first-order valence-electron chi connectivity index (χ1n) is 9.33. The van der Waals surface area contributed by atoms with E-state index in [-0.39, 0.29) is 18.3 Å². The van der Waals surface area contributed by atoms with Crippen LogP contribution in [0.1, 0.15) is 50.8 Å². The molecule has 2 aromatic rings. The van der Waals surface area contributed by atoms with Crippen LogP contribution in [0.4, 0.5) is 9.18 Å². The number of rotatable bonds is 5. The molecule has 2 aromatic carbocycles. The number of hydrogen-bond donors (Lipinski definition) is 1. The average Bonchev–Trinajstić information content (AvgIpc) is 2.60. The van der Waals surface area contributed by atoms with Gasteiger partial charge in [0.1, 0.15) is 11.4 Å². The molecule has 6 heteroatoms. The normalized spacial score (nSPS) is 21.4. The molecule has 1 fully saturated rings. The first-order chi connectivity index (χ1) is 13.1. The number of carbonyl (C=O) groups is 1. The van der Waals surface area contributed by atoms with Gasteiger partial charge in [-0.2, -0.15) is 0 Å². The minimum atomic E-state index is -1.05. The summed E-state index contributed by atoms with van der Waals surface area (Å²) >= 11 is 3.46. The van der Waals surface area contributed by atoms with Crippen LogP contribution in [0, 0.1) is 5.82 Å². The number of cyclic esters (lactones) is 1. The zero-order valence-corrected chi connectivity index (χ0v) is 17.9. The minimum absolute atomic E-state index is 0.154. The van der Waals surface area contributed by atoms with Gasteiger partial charge in [0.15, 0.2) is 0 Å². The summed E-state index contributed by atoms with van der Waals surface area (Å²) in [5.74, 6) is -0.353. The molecular formula is C22H25BrFNO3. The number of ether oxygens (including phenoxy) is 1. The van der Waals surface area contributed by atoms with Crippen molar-refractivity contribution in [3.8, 4) is 0 Å². The van der Waals surface area contributed by atoms with Gasteiger partial charge in [0.25, 0.3) is 0 Å². The predicted molar refractivity (Wildman–Crippen MR) is 109 cm³/mol. The van der Waals surface area contributed by atoms with E-state index < -0.39 is 17.3 Å². The zero-order valence-electron chi connectivity index (χ0n) is 16.3. The Bertz CT molecular complexity index is 850. The van der Waals surface area contributed by atoms with Crippen LogP contribution in [0.25, 0.3) is 0 Å². The summed E-state index contributed by atoms with van der Waals surface area (Å²) in [7, 11) is 0. The van der Waals surface area contributed by atoms with Gasteiger partial charge in [-0.1, -0.05) is 40.2 Å². The second-order valence-corrected chi connectivity index (χ2v) is 8.95. The monoisotopic (exact) mass is 449 g/mol. The molecule has 150 valence electrons. The van der Waals surface area contributed by atoms with Crippen LogP contribution in [-0.2, 0) is 10.3 Å². The summed E-state index contributed by atoms with van der Waals surface area (Å²) in [6.45, 7) is 5.80. The molecule has 1 saturated heterocycles. The van der Waals surface area contributed by atoms with E-state index in [9.17, 15) is 14.3 Å². The van der Waals surface area contributed by atoms with Crippen LogP contribution in [0.2, 0.25) is 0 Å². The fourth-order valence-electron chi connectivity index (χ4n) is 3.85. The van der Waals surface area contributed by atoms with Gasteiger partial charge in [-0.15, -0.1) is 0 Å². The summed E-state index contributed by atoms with van der Waals surface area (Å²) in [4.78, 5) is 14.7. The van der Waals surface area contributed by atoms with Crippen LogP contribution in [0.5, 0.6) is 0 Å². The number of halogens is 2. The third kappa shape index (κ3) is 4.55. The molecule has 0 aromatic heterocycles. The second kappa shape index (κ2) is 7.84. The van der Waals surface area contributed by atoms with Gasteiger partial charge in [0, 0.05) is 23.9 Å². The molecule has 0 radical (unpaired) electrons. The summed E-state index contributed by atoms with van der Waals surface area (Å²) in [6.07, 6.45) is 0.302. The number of benzene rings is 2. The Balaban J connectivity index is 1.88. The van der Waals surface area contributed by atoms with E-state index in [1.807, 2.05) is 31.2 Å². The van der Waals surface area contributed by atoms with E-state index >= 15 is 0 Å². The van der Waals surface area contributed by atoms with E-state index in [0.717, 1.165) is 10.0 Å². The highest BCUT2D eigenvalue weighted by atomic mass is 79.9. The fourth-order valence-corrected chi connectivity index (χ4v) is 4.27. The van der Waals surface area contributed by atoms with Crippen LogP contribution in [0.3, 0.4) is 0 Å². The van der Waals surface area contributed by atoms with Gasteiger partial charge < -0.3 is 14.7 Å². The molecular weight excluding hydrogens is 425 g/mol. The molecule has 1 aliphatic rings. The molecule has 1 heterocycles. The largest absolute Gasteiger partial charge is 0.438 e. The van der Waals surface area contributed by atoms with Gasteiger partial charge >= 0.3 is 6.09 Å². The maximum Gasteiger partial charge on any atom is 0.411 e. The molecule has 3 rings (SSSR count). The number of amides is 1. The smallest absolute Gasteiger partial charge is 0.411 e. The van der Waals surface area contributed by atoms with E-state index in [0.29, 0.717) is 18.5 Å². The zero-order chi connectivity index (χ0) is 20.5. The number of hydrogen-bond acceptors (Lipinski definition) is 3. The Morgan fingerprint density at radius 3 is 2.54 bits per heavy atom. The Morgan fingerprint density at radius 2 is 1.96 bits per heavy atom. The Hall–Kier alpha value is -1.92. The standard InChI is InChI=1S/C22H25BrFNO3/c1-15(16-5-4-6-18(23)13-16)25-12-11-22(28-20(25)26,14-21(2,3)27)17-7-9-19(24)10-8-17/h4-10,13,15,27H,11-12,14H2,1-3H3/t15-,22?/m0/s1. The molecule has 0 saturated carbocycles. The van der Waals surface area contributed by atoms with E-state index in [1.165, 1.54) is 12.1 Å². The number of nitrogens with zero attached hydrogens (tertiary/aromatic N) is 1. The molecule has 1 amide bonds. The van der Waals surface area contributed by atoms with Crippen LogP contribution in [0.15, 0.2) is 53.0 Å². The van der Waals surface area contributed by atoms with E-state index in [1.54, 1.807) is 30.9 Å². The first-order valence-corrected chi connectivity index (χ1v) is 10.1. The topological polar surface area (TPSA) is 49.8 Å². The summed E-state index contributed by atoms with van der Waals surface area (Å²) in [5.41, 5.74) is -0.342. The molecule has 0 spiro atoms. The predicted octanol–water partition coefficient (Wildman–Crippen LogP) is 5.55. The number of aliphatic hydroxyl groups is 1. The number of carbonyl (C=O) groups excluding carboxylic acids is 1. The summed E-state index contributed by atoms with van der Waals surface area (Å²) in [6, 6.07) is 13.6. The van der Waals surface area contributed by atoms with Crippen molar-refractivity contribution in [1.29, 1.82) is 0 Å². The molecule has 0 aliphatic carbocycles. The Kier molecular flexibility index (Phi) is 5.82. The van der Waals surface area contributed by atoms with Crippen molar-refractivity contribution in [2.24, 2.45) is 0 Å². The maximum atomic E-state index is 13.4. The first kappa shape index (κ1) is 20.8. The van der Waals surface area contributed by atoms with Crippen molar-refractivity contribution >= 4 is 22.0 Å². The van der Waals surface area contributed by atoms with E-state index in [2.05, 4.69) is 15.9 Å². The molecule has 4 nitrogen and oxygen atoms in total. The summed E-state index contributed by atoms with van der Waals surface area (Å²) in [5, 5.41) is 10.4. The van der Waals surface area contributed by atoms with Gasteiger partial charge in [-0.05, 0) is 56.2 Å². The molecule has 1 N–H and O–H groups in total. The lowest BCUT2D eigenvalue weighted by atomic mass is 9.80. The van der Waals surface area contributed by atoms with Crippen molar-refractivity contribution in [3.05, 3.63) is 69.9 Å². The van der Waals surface area contributed by atoms with Crippen molar-refractivity contribution in [2.45, 2.75) is 50.9 Å². The van der Waals surface area contributed by atoms with Gasteiger partial charge in [0.05, 0.1) is 11.6 Å². The molecule has 0 bridgehead atoms. The van der Waals surface area contributed by atoms with Gasteiger partial charge in [-0.3, -0.25) is 0 Å². The van der Waals surface area contributed by atoms with E-state index in [4.69, 9.17) is 4.74 Å². The third-order valence-electron chi connectivity index (χ3n) is 5.16. The molecule has 1 aliphatic heterocycles. The van der Waals surface area contributed by atoms with Gasteiger partial charge in [-0.25, -0.2) is 9.18 Å². The second-order valence-electron chi connectivity index (χ2n) is 8.03. The molecule has 28 heavy (non-hydrogen) atoms. The average molecular weight is 450 g/mol. The fraction of sp³-hybridized carbons (Fsp3) is 0.409. The van der Waals surface area contributed by atoms with Crippen LogP contribution in [-0.4, -0.2) is 28.2 Å². The third-order valence-corrected chi connectivity index (χ3v) is 5.65. The minimum Gasteiger partial charge on any atom is -0.438 e. The Morgan fingerprint density at radius 1 is 1.29 bits per heavy atom. The van der Waals surface area contributed by atoms with Crippen molar-refractivity contribution in [3.63, 3.8) is 0 Å². The molecule has 2 atom stereocenters. The lowest BCUT2D eigenvalue weighted by Crippen LogP contribution is -2.51. The highest BCUT2D eigenvalue weighted by molar-refractivity contribution is 9.10. The SMILES string of the molecule is C[C@@H](c1cccc(Br)c1)N1CCC(CC(C)(C)O)(c2ccc(F)cc2)OC1=O. The Labute approximate surface area is 173 Å². The van der Waals surface area contributed by atoms with Crippen LogP contribution < -0.4 is 0 Å². The summed E-state index contributed by atoms with van der Waals surface area (Å²) < 4.78 is 20.3. The quantitative estimate of drug-likeness (QED) is 0.650. The highest BCUT2D eigenvalue weighted by Crippen LogP contribution is 2.42. The lowest BCUT2D eigenvalue weighted by molar-refractivity contribution is -0.101. The molecule has 1 unspecified atom stereocenters. The van der Waals surface area contributed by atoms with Crippen molar-refractivity contribution < 1.29 is 19.0 Å². The van der Waals surface area contributed by atoms with Crippen molar-refractivity contribution in [2.75, 3.05) is 6.54 Å².